The van der Waals surface area contributed by atoms with Gasteiger partial charge in [-0.2, -0.15) is 4.98 Å². The number of nitrogens with zero attached hydrogens (tertiary/aromatic N) is 3. The van der Waals surface area contributed by atoms with Crippen LogP contribution in [0.5, 0.6) is 0 Å². The standard InChI is InChI=1S/C12H21N3O2/c1-9(2)6-11-13-12(17-14-11)8-15-4-5-16-10(3)7-15/h9-10H,4-8H2,1-3H3. The fraction of sp³-hybridized carbons (Fsp3) is 0.833. The van der Waals surface area contributed by atoms with Crippen molar-refractivity contribution in [3.05, 3.63) is 11.7 Å². The van der Waals surface area contributed by atoms with Crippen LogP contribution in [-0.4, -0.2) is 40.8 Å². The van der Waals surface area contributed by atoms with E-state index in [0.717, 1.165) is 44.4 Å². The van der Waals surface area contributed by atoms with Gasteiger partial charge in [0.05, 0.1) is 19.3 Å². The van der Waals surface area contributed by atoms with Crippen LogP contribution in [0.2, 0.25) is 0 Å². The summed E-state index contributed by atoms with van der Waals surface area (Å²) in [4.78, 5) is 6.70. The zero-order valence-electron chi connectivity index (χ0n) is 10.8. The van der Waals surface area contributed by atoms with Gasteiger partial charge in [-0.25, -0.2) is 0 Å². The highest BCUT2D eigenvalue weighted by atomic mass is 16.5. The molecule has 0 bridgehead atoms. The first-order valence-electron chi connectivity index (χ1n) is 6.29. The summed E-state index contributed by atoms with van der Waals surface area (Å²) in [5.74, 6) is 2.09. The van der Waals surface area contributed by atoms with Gasteiger partial charge in [-0.05, 0) is 12.8 Å². The molecule has 1 saturated heterocycles. The Morgan fingerprint density at radius 3 is 3.00 bits per heavy atom. The van der Waals surface area contributed by atoms with Crippen LogP contribution >= 0.6 is 0 Å². The summed E-state index contributed by atoms with van der Waals surface area (Å²) >= 11 is 0. The molecule has 0 N–H and O–H groups in total. The number of hydrogen-bond acceptors (Lipinski definition) is 5. The zero-order valence-corrected chi connectivity index (χ0v) is 10.8. The van der Waals surface area contributed by atoms with Crippen molar-refractivity contribution in [2.24, 2.45) is 5.92 Å². The molecule has 1 aliphatic heterocycles. The average molecular weight is 239 g/mol. The van der Waals surface area contributed by atoms with Crippen molar-refractivity contribution >= 4 is 0 Å². The highest BCUT2D eigenvalue weighted by Crippen LogP contribution is 2.10. The molecule has 17 heavy (non-hydrogen) atoms. The third-order valence-corrected chi connectivity index (χ3v) is 2.79. The topological polar surface area (TPSA) is 51.4 Å². The molecular formula is C12H21N3O2. The minimum absolute atomic E-state index is 0.293. The predicted molar refractivity (Wildman–Crippen MR) is 63.5 cm³/mol. The number of morpholine rings is 1. The average Bonchev–Trinajstić information content (AvgIpc) is 2.64. The SMILES string of the molecule is CC(C)Cc1noc(CN2CCOC(C)C2)n1. The van der Waals surface area contributed by atoms with E-state index in [1.54, 1.807) is 0 Å². The van der Waals surface area contributed by atoms with Crippen molar-refractivity contribution in [2.45, 2.75) is 39.8 Å². The number of ether oxygens (including phenoxy) is 1. The van der Waals surface area contributed by atoms with Gasteiger partial charge in [-0.3, -0.25) is 4.90 Å². The van der Waals surface area contributed by atoms with Crippen LogP contribution in [0.25, 0.3) is 0 Å². The maximum Gasteiger partial charge on any atom is 0.240 e. The van der Waals surface area contributed by atoms with Crippen molar-refractivity contribution in [3.8, 4) is 0 Å². The first kappa shape index (κ1) is 12.5. The van der Waals surface area contributed by atoms with Gasteiger partial charge in [0, 0.05) is 19.5 Å². The fourth-order valence-corrected chi connectivity index (χ4v) is 2.03. The molecule has 0 amide bonds. The Morgan fingerprint density at radius 2 is 2.29 bits per heavy atom. The third-order valence-electron chi connectivity index (χ3n) is 2.79. The van der Waals surface area contributed by atoms with E-state index in [1.165, 1.54) is 0 Å². The molecule has 1 aromatic heterocycles. The van der Waals surface area contributed by atoms with Gasteiger partial charge in [-0.15, -0.1) is 0 Å². The van der Waals surface area contributed by atoms with Gasteiger partial charge >= 0.3 is 0 Å². The normalized spacial score (nSPS) is 22.2. The van der Waals surface area contributed by atoms with E-state index in [4.69, 9.17) is 9.26 Å². The van der Waals surface area contributed by atoms with E-state index >= 15 is 0 Å². The molecule has 2 rings (SSSR count). The molecule has 0 aromatic carbocycles. The second kappa shape index (κ2) is 5.60. The third kappa shape index (κ3) is 3.78. The van der Waals surface area contributed by atoms with E-state index in [-0.39, 0.29) is 0 Å². The number of rotatable bonds is 4. The lowest BCUT2D eigenvalue weighted by atomic mass is 10.1. The minimum Gasteiger partial charge on any atom is -0.376 e. The van der Waals surface area contributed by atoms with Crippen molar-refractivity contribution in [2.75, 3.05) is 19.7 Å². The largest absolute Gasteiger partial charge is 0.376 e. The molecular weight excluding hydrogens is 218 g/mol. The first-order chi connectivity index (χ1) is 8.13. The van der Waals surface area contributed by atoms with Crippen molar-refractivity contribution in [3.63, 3.8) is 0 Å². The van der Waals surface area contributed by atoms with Crippen LogP contribution in [0.15, 0.2) is 4.52 Å². The Morgan fingerprint density at radius 1 is 1.47 bits per heavy atom. The molecule has 0 radical (unpaired) electrons. The molecule has 1 aliphatic rings. The van der Waals surface area contributed by atoms with Gasteiger partial charge in [-0.1, -0.05) is 19.0 Å². The minimum atomic E-state index is 0.293. The summed E-state index contributed by atoms with van der Waals surface area (Å²) in [6, 6.07) is 0. The van der Waals surface area contributed by atoms with Crippen LogP contribution in [0.4, 0.5) is 0 Å². The Kier molecular flexibility index (Phi) is 4.12. The molecule has 5 nitrogen and oxygen atoms in total. The number of hydrogen-bond donors (Lipinski definition) is 0. The van der Waals surface area contributed by atoms with Crippen LogP contribution < -0.4 is 0 Å². The van der Waals surface area contributed by atoms with E-state index in [9.17, 15) is 0 Å². The van der Waals surface area contributed by atoms with Gasteiger partial charge in [0.15, 0.2) is 5.82 Å². The maximum atomic E-state index is 5.50. The lowest BCUT2D eigenvalue weighted by molar-refractivity contribution is -0.0240. The van der Waals surface area contributed by atoms with E-state index in [0.29, 0.717) is 12.0 Å². The maximum absolute atomic E-state index is 5.50. The molecule has 1 aromatic rings. The van der Waals surface area contributed by atoms with Crippen molar-refractivity contribution in [1.82, 2.24) is 15.0 Å². The smallest absolute Gasteiger partial charge is 0.240 e. The van der Waals surface area contributed by atoms with E-state index in [1.807, 2.05) is 0 Å². The molecule has 96 valence electrons. The zero-order chi connectivity index (χ0) is 12.3. The Hall–Kier alpha value is -0.940. The molecule has 1 unspecified atom stereocenters. The van der Waals surface area contributed by atoms with Gasteiger partial charge in [0.1, 0.15) is 0 Å². The predicted octanol–water partition coefficient (Wildman–Crippen LogP) is 1.49. The molecule has 1 fully saturated rings. The van der Waals surface area contributed by atoms with Crippen molar-refractivity contribution in [1.29, 1.82) is 0 Å². The summed E-state index contributed by atoms with van der Waals surface area (Å²) < 4.78 is 10.8. The van der Waals surface area contributed by atoms with Gasteiger partial charge in [0.2, 0.25) is 5.89 Å². The Bertz CT molecular complexity index is 351. The highest BCUT2D eigenvalue weighted by molar-refractivity contribution is 4.88. The fourth-order valence-electron chi connectivity index (χ4n) is 2.03. The Balaban J connectivity index is 1.87. The molecule has 0 saturated carbocycles. The molecule has 0 aliphatic carbocycles. The van der Waals surface area contributed by atoms with E-state index < -0.39 is 0 Å². The monoisotopic (exact) mass is 239 g/mol. The van der Waals surface area contributed by atoms with Gasteiger partial charge in [0.25, 0.3) is 0 Å². The molecule has 0 spiro atoms. The second-order valence-electron chi connectivity index (χ2n) is 5.12. The summed E-state index contributed by atoms with van der Waals surface area (Å²) in [7, 11) is 0. The van der Waals surface area contributed by atoms with Crippen LogP contribution in [0, 0.1) is 5.92 Å². The summed E-state index contributed by atoms with van der Waals surface area (Å²) in [5, 5.41) is 4.00. The van der Waals surface area contributed by atoms with Gasteiger partial charge < -0.3 is 9.26 Å². The number of aromatic nitrogens is 2. The lowest BCUT2D eigenvalue weighted by Crippen LogP contribution is -2.40. The molecule has 2 heterocycles. The summed E-state index contributed by atoms with van der Waals surface area (Å²) in [5.41, 5.74) is 0. The quantitative estimate of drug-likeness (QED) is 0.796. The Labute approximate surface area is 102 Å². The highest BCUT2D eigenvalue weighted by Gasteiger charge is 2.19. The van der Waals surface area contributed by atoms with E-state index in [2.05, 4.69) is 35.8 Å². The molecule has 5 heteroatoms. The lowest BCUT2D eigenvalue weighted by Gasteiger charge is -2.29. The summed E-state index contributed by atoms with van der Waals surface area (Å²) in [6.07, 6.45) is 1.17. The van der Waals surface area contributed by atoms with Crippen molar-refractivity contribution < 1.29 is 9.26 Å². The summed E-state index contributed by atoms with van der Waals surface area (Å²) in [6.45, 7) is 9.78. The second-order valence-corrected chi connectivity index (χ2v) is 5.12. The van der Waals surface area contributed by atoms with Crippen LogP contribution in [0.3, 0.4) is 0 Å². The van der Waals surface area contributed by atoms with Crippen LogP contribution in [-0.2, 0) is 17.7 Å². The van der Waals surface area contributed by atoms with Crippen LogP contribution in [0.1, 0.15) is 32.5 Å². The molecule has 1 atom stereocenters. The first-order valence-corrected chi connectivity index (χ1v) is 6.29.